The summed E-state index contributed by atoms with van der Waals surface area (Å²) in [7, 11) is 0. The van der Waals surface area contributed by atoms with Gasteiger partial charge in [0, 0.05) is 0 Å². The van der Waals surface area contributed by atoms with E-state index in [2.05, 4.69) is 23.8 Å². The van der Waals surface area contributed by atoms with Gasteiger partial charge < -0.3 is 10.5 Å². The Morgan fingerprint density at radius 1 is 1.26 bits per heavy atom. The Kier molecular flexibility index (Phi) is 5.00. The van der Waals surface area contributed by atoms with Crippen LogP contribution in [0.25, 0.3) is 0 Å². The first-order valence-electron chi connectivity index (χ1n) is 7.52. The molecule has 0 amide bonds. The number of rotatable bonds is 5. The summed E-state index contributed by atoms with van der Waals surface area (Å²) in [6, 6.07) is 0. The number of aromatic nitrogens is 2. The first kappa shape index (κ1) is 14.1. The molecule has 0 saturated heterocycles. The summed E-state index contributed by atoms with van der Waals surface area (Å²) in [6.45, 7) is 4.37. The van der Waals surface area contributed by atoms with E-state index >= 15 is 0 Å². The van der Waals surface area contributed by atoms with Gasteiger partial charge in [-0.3, -0.25) is 0 Å². The van der Waals surface area contributed by atoms with Crippen molar-refractivity contribution < 1.29 is 4.74 Å². The molecule has 0 radical (unpaired) electrons. The molecule has 1 saturated carbocycles. The van der Waals surface area contributed by atoms with Gasteiger partial charge in [0.1, 0.15) is 18.2 Å². The van der Waals surface area contributed by atoms with Crippen LogP contribution in [0.2, 0.25) is 0 Å². The largest absolute Gasteiger partial charge is 0.474 e. The molecule has 4 heteroatoms. The Morgan fingerprint density at radius 2 is 2.05 bits per heavy atom. The molecule has 1 aromatic heterocycles. The van der Waals surface area contributed by atoms with E-state index in [1.165, 1.54) is 32.0 Å². The van der Waals surface area contributed by atoms with E-state index in [1.807, 2.05) is 0 Å². The molecule has 1 aliphatic carbocycles. The summed E-state index contributed by atoms with van der Waals surface area (Å²) in [6.07, 6.45) is 9.86. The van der Waals surface area contributed by atoms with E-state index in [1.54, 1.807) is 0 Å². The Balaban J connectivity index is 2.15. The minimum Gasteiger partial charge on any atom is -0.474 e. The van der Waals surface area contributed by atoms with Gasteiger partial charge in [0.15, 0.2) is 0 Å². The number of nitrogen functional groups attached to an aromatic ring is 1. The van der Waals surface area contributed by atoms with Crippen molar-refractivity contribution >= 4 is 5.82 Å². The van der Waals surface area contributed by atoms with E-state index in [0.717, 1.165) is 24.8 Å². The first-order valence-corrected chi connectivity index (χ1v) is 7.52. The number of hydrogen-bond donors (Lipinski definition) is 1. The summed E-state index contributed by atoms with van der Waals surface area (Å²) in [5.74, 6) is 1.93. The maximum absolute atomic E-state index is 6.19. The van der Waals surface area contributed by atoms with Gasteiger partial charge in [0.2, 0.25) is 5.88 Å². The third-order valence-electron chi connectivity index (χ3n) is 4.07. The SMILES string of the molecule is CCCc1c(N)ncnc1OC1CCCCC1CC. The number of hydrogen-bond acceptors (Lipinski definition) is 4. The monoisotopic (exact) mass is 263 g/mol. The zero-order valence-electron chi connectivity index (χ0n) is 12.1. The number of nitrogens with zero attached hydrogens (tertiary/aromatic N) is 2. The molecule has 0 aromatic carbocycles. The van der Waals surface area contributed by atoms with Gasteiger partial charge in [-0.2, -0.15) is 0 Å². The molecule has 1 aromatic rings. The first-order chi connectivity index (χ1) is 9.26. The van der Waals surface area contributed by atoms with Crippen LogP contribution < -0.4 is 10.5 Å². The molecule has 0 aliphatic heterocycles. The van der Waals surface area contributed by atoms with Crippen LogP contribution in [0.3, 0.4) is 0 Å². The van der Waals surface area contributed by atoms with E-state index in [9.17, 15) is 0 Å². The van der Waals surface area contributed by atoms with Gasteiger partial charge in [0.05, 0.1) is 5.56 Å². The highest BCUT2D eigenvalue weighted by Crippen LogP contribution is 2.32. The maximum atomic E-state index is 6.19. The van der Waals surface area contributed by atoms with Crippen LogP contribution in [0.5, 0.6) is 5.88 Å². The maximum Gasteiger partial charge on any atom is 0.222 e. The topological polar surface area (TPSA) is 61.0 Å². The normalized spacial score (nSPS) is 23.3. The van der Waals surface area contributed by atoms with Crippen molar-refractivity contribution in [1.29, 1.82) is 0 Å². The molecule has 1 fully saturated rings. The molecule has 19 heavy (non-hydrogen) atoms. The Hall–Kier alpha value is -1.32. The predicted molar refractivity (Wildman–Crippen MR) is 77.1 cm³/mol. The number of ether oxygens (including phenoxy) is 1. The molecule has 1 heterocycles. The van der Waals surface area contributed by atoms with Crippen LogP contribution in [0.1, 0.15) is 57.9 Å². The second kappa shape index (κ2) is 6.73. The Bertz CT molecular complexity index is 408. The van der Waals surface area contributed by atoms with E-state index in [4.69, 9.17) is 10.5 Å². The van der Waals surface area contributed by atoms with Crippen molar-refractivity contribution in [2.45, 2.75) is 64.9 Å². The van der Waals surface area contributed by atoms with Gasteiger partial charge in [-0.15, -0.1) is 0 Å². The number of nitrogens with two attached hydrogens (primary N) is 1. The lowest BCUT2D eigenvalue weighted by Crippen LogP contribution is -2.30. The lowest BCUT2D eigenvalue weighted by Gasteiger charge is -2.31. The van der Waals surface area contributed by atoms with E-state index in [-0.39, 0.29) is 0 Å². The van der Waals surface area contributed by atoms with Gasteiger partial charge in [-0.05, 0) is 38.0 Å². The van der Waals surface area contributed by atoms with Crippen molar-refractivity contribution in [3.05, 3.63) is 11.9 Å². The molecular weight excluding hydrogens is 238 g/mol. The van der Waals surface area contributed by atoms with Crippen LogP contribution in [0, 0.1) is 5.92 Å². The molecule has 0 bridgehead atoms. The summed E-state index contributed by atoms with van der Waals surface area (Å²) in [5.41, 5.74) is 6.93. The third-order valence-corrected chi connectivity index (χ3v) is 4.07. The zero-order valence-corrected chi connectivity index (χ0v) is 12.1. The average molecular weight is 263 g/mol. The zero-order chi connectivity index (χ0) is 13.7. The summed E-state index contributed by atoms with van der Waals surface area (Å²) in [4.78, 5) is 8.38. The fourth-order valence-electron chi connectivity index (χ4n) is 2.93. The average Bonchev–Trinajstić information content (AvgIpc) is 2.43. The second-order valence-electron chi connectivity index (χ2n) is 5.40. The predicted octanol–water partition coefficient (Wildman–Crippen LogP) is 3.36. The molecule has 2 rings (SSSR count). The molecule has 2 unspecified atom stereocenters. The highest BCUT2D eigenvalue weighted by Gasteiger charge is 2.26. The van der Waals surface area contributed by atoms with Gasteiger partial charge in [-0.25, -0.2) is 9.97 Å². The fourth-order valence-corrected chi connectivity index (χ4v) is 2.93. The standard InChI is InChI=1S/C15H25N3O/c1-3-7-12-14(16)17-10-18-15(12)19-13-9-6-5-8-11(13)4-2/h10-11,13H,3-9H2,1-2H3,(H2,16,17,18). The van der Waals surface area contributed by atoms with Crippen LogP contribution in [-0.4, -0.2) is 16.1 Å². The Labute approximate surface area is 115 Å². The van der Waals surface area contributed by atoms with Crippen molar-refractivity contribution in [3.63, 3.8) is 0 Å². The lowest BCUT2D eigenvalue weighted by atomic mass is 9.85. The van der Waals surface area contributed by atoms with Gasteiger partial charge in [-0.1, -0.05) is 26.7 Å². The molecule has 2 N–H and O–H groups in total. The molecule has 1 aliphatic rings. The minimum absolute atomic E-state index is 0.295. The lowest BCUT2D eigenvalue weighted by molar-refractivity contribution is 0.0847. The molecule has 4 nitrogen and oxygen atoms in total. The van der Waals surface area contributed by atoms with E-state index < -0.39 is 0 Å². The molecule has 0 spiro atoms. The van der Waals surface area contributed by atoms with Crippen molar-refractivity contribution in [2.75, 3.05) is 5.73 Å². The summed E-state index contributed by atoms with van der Waals surface area (Å²) >= 11 is 0. The minimum atomic E-state index is 0.295. The van der Waals surface area contributed by atoms with Crippen molar-refractivity contribution in [1.82, 2.24) is 9.97 Å². The quantitative estimate of drug-likeness (QED) is 0.885. The van der Waals surface area contributed by atoms with Gasteiger partial charge in [0.25, 0.3) is 0 Å². The molecule has 2 atom stereocenters. The molecular formula is C15H25N3O. The van der Waals surface area contributed by atoms with Crippen molar-refractivity contribution in [3.8, 4) is 5.88 Å². The summed E-state index contributed by atoms with van der Waals surface area (Å²) < 4.78 is 6.19. The van der Waals surface area contributed by atoms with Crippen molar-refractivity contribution in [2.24, 2.45) is 5.92 Å². The third kappa shape index (κ3) is 3.37. The summed E-state index contributed by atoms with van der Waals surface area (Å²) in [5, 5.41) is 0. The highest BCUT2D eigenvalue weighted by atomic mass is 16.5. The van der Waals surface area contributed by atoms with Crippen LogP contribution >= 0.6 is 0 Å². The highest BCUT2D eigenvalue weighted by molar-refractivity contribution is 5.44. The van der Waals surface area contributed by atoms with Crippen LogP contribution in [-0.2, 0) is 6.42 Å². The Morgan fingerprint density at radius 3 is 2.79 bits per heavy atom. The van der Waals surface area contributed by atoms with E-state index in [0.29, 0.717) is 23.7 Å². The smallest absolute Gasteiger partial charge is 0.222 e. The van der Waals surface area contributed by atoms with Crippen LogP contribution in [0.15, 0.2) is 6.33 Å². The molecule has 106 valence electrons. The van der Waals surface area contributed by atoms with Gasteiger partial charge >= 0.3 is 0 Å². The fraction of sp³-hybridized carbons (Fsp3) is 0.733. The second-order valence-corrected chi connectivity index (χ2v) is 5.40. The number of anilines is 1. The van der Waals surface area contributed by atoms with Crippen LogP contribution in [0.4, 0.5) is 5.82 Å².